The van der Waals surface area contributed by atoms with Crippen molar-refractivity contribution in [2.45, 2.75) is 169 Å². The highest BCUT2D eigenvalue weighted by atomic mass is 16.6. The van der Waals surface area contributed by atoms with Gasteiger partial charge in [-0.2, -0.15) is 0 Å². The van der Waals surface area contributed by atoms with Crippen LogP contribution < -0.4 is 10.6 Å². The first-order chi connectivity index (χ1) is 28.1. The Hall–Kier alpha value is -4.19. The molecule has 0 aromatic carbocycles. The summed E-state index contributed by atoms with van der Waals surface area (Å²) in [5, 5.41) is 5.73. The average Bonchev–Trinajstić information content (AvgIpc) is 3.69. The molecule has 1 aliphatic heterocycles. The van der Waals surface area contributed by atoms with Crippen molar-refractivity contribution in [1.29, 1.82) is 0 Å². The highest BCUT2D eigenvalue weighted by Gasteiger charge is 2.43. The number of rotatable bonds is 25. The van der Waals surface area contributed by atoms with Gasteiger partial charge in [-0.1, -0.05) is 75.7 Å². The van der Waals surface area contributed by atoms with Crippen LogP contribution in [0.4, 0.5) is 0 Å². The number of likely N-dealkylation sites (tertiary alicyclic amines) is 1. The molecule has 8 unspecified atom stereocenters. The first-order valence-corrected chi connectivity index (χ1v) is 21.8. The van der Waals surface area contributed by atoms with E-state index in [0.29, 0.717) is 45.1 Å². The molecule has 0 aromatic rings. The summed E-state index contributed by atoms with van der Waals surface area (Å²) >= 11 is 0. The summed E-state index contributed by atoms with van der Waals surface area (Å²) < 4.78 is 16.3. The first kappa shape index (κ1) is 53.8. The van der Waals surface area contributed by atoms with Crippen molar-refractivity contribution in [3.63, 3.8) is 0 Å². The van der Waals surface area contributed by atoms with Gasteiger partial charge in [0.2, 0.25) is 23.6 Å². The van der Waals surface area contributed by atoms with Crippen molar-refractivity contribution < 1.29 is 47.8 Å². The Morgan fingerprint density at radius 1 is 0.783 bits per heavy atom. The molecular weight excluding hydrogens is 771 g/mol. The lowest BCUT2D eigenvalue weighted by molar-refractivity contribution is -0.172. The molecule has 1 rings (SSSR count). The highest BCUT2D eigenvalue weighted by Crippen LogP contribution is 2.25. The van der Waals surface area contributed by atoms with Gasteiger partial charge in [0.05, 0.1) is 13.2 Å². The van der Waals surface area contributed by atoms with Crippen molar-refractivity contribution >= 4 is 41.5 Å². The van der Waals surface area contributed by atoms with Crippen LogP contribution in [0.15, 0.2) is 0 Å². The summed E-state index contributed by atoms with van der Waals surface area (Å²) in [6.07, 6.45) is 9.55. The number of amides is 5. The molecule has 5 amide bonds. The molecule has 15 nitrogen and oxygen atoms in total. The zero-order valence-corrected chi connectivity index (χ0v) is 39.0. The minimum absolute atomic E-state index is 0.0155. The SMILES string of the molecule is C#CCCCC(CCCC(=O)N(C)C(C(=O)NC(C(=O)NC(C(=O)N(C)C(C(=O)OC(C(=O)N1CCCC1C(=O)OC)C(C)C)C(C)C)C(C)C)C(C)C)C(C)CC)OC. The van der Waals surface area contributed by atoms with Gasteiger partial charge < -0.3 is 39.5 Å². The van der Waals surface area contributed by atoms with Gasteiger partial charge in [-0.15, -0.1) is 12.3 Å². The number of nitrogens with zero attached hydrogens (tertiary/aromatic N) is 3. The second kappa shape index (κ2) is 26.2. The van der Waals surface area contributed by atoms with Gasteiger partial charge in [0.1, 0.15) is 30.2 Å². The summed E-state index contributed by atoms with van der Waals surface area (Å²) in [4.78, 5) is 99.8. The van der Waals surface area contributed by atoms with Gasteiger partial charge in [-0.3, -0.25) is 24.0 Å². The topological polar surface area (TPSA) is 181 Å². The molecule has 0 saturated carbocycles. The number of esters is 2. The van der Waals surface area contributed by atoms with Crippen LogP contribution in [0.25, 0.3) is 0 Å². The summed E-state index contributed by atoms with van der Waals surface area (Å²) in [5.74, 6) is -2.99. The van der Waals surface area contributed by atoms with E-state index in [9.17, 15) is 33.6 Å². The number of methoxy groups -OCH3 is 2. The van der Waals surface area contributed by atoms with Crippen LogP contribution in [0, 0.1) is 41.9 Å². The number of hydrogen-bond donors (Lipinski definition) is 2. The second-order valence-electron chi connectivity index (χ2n) is 17.6. The zero-order valence-electron chi connectivity index (χ0n) is 39.0. The molecule has 342 valence electrons. The lowest BCUT2D eigenvalue weighted by Gasteiger charge is -2.36. The number of carbonyl (C=O) groups is 7. The van der Waals surface area contributed by atoms with E-state index in [0.717, 1.165) is 12.8 Å². The number of carbonyl (C=O) groups excluding carboxylic acids is 7. The molecule has 0 aromatic heterocycles. The normalized spacial score (nSPS) is 17.6. The minimum atomic E-state index is -1.21. The maximum Gasteiger partial charge on any atom is 0.329 e. The van der Waals surface area contributed by atoms with Crippen molar-refractivity contribution in [2.75, 3.05) is 34.9 Å². The number of likely N-dealkylation sites (N-methyl/N-ethyl adjacent to an activating group) is 2. The average molecular weight is 848 g/mol. The number of unbranched alkanes of at least 4 members (excludes halogenated alkanes) is 1. The molecule has 0 bridgehead atoms. The number of hydrogen-bond acceptors (Lipinski definition) is 10. The Kier molecular flexibility index (Phi) is 23.5. The number of ether oxygens (including phenoxy) is 3. The van der Waals surface area contributed by atoms with Crippen LogP contribution >= 0.6 is 0 Å². The van der Waals surface area contributed by atoms with E-state index in [1.165, 1.54) is 28.9 Å². The lowest BCUT2D eigenvalue weighted by Crippen LogP contribution is -2.61. The van der Waals surface area contributed by atoms with E-state index in [1.54, 1.807) is 69.5 Å². The molecule has 1 aliphatic rings. The Morgan fingerprint density at radius 2 is 1.37 bits per heavy atom. The van der Waals surface area contributed by atoms with Crippen LogP contribution in [0.2, 0.25) is 0 Å². The fourth-order valence-electron chi connectivity index (χ4n) is 7.67. The van der Waals surface area contributed by atoms with Gasteiger partial charge >= 0.3 is 11.9 Å². The van der Waals surface area contributed by atoms with Crippen LogP contribution in [-0.2, 0) is 47.8 Å². The summed E-state index contributed by atoms with van der Waals surface area (Å²) in [6.45, 7) is 18.2. The molecule has 60 heavy (non-hydrogen) atoms. The van der Waals surface area contributed by atoms with Gasteiger partial charge in [0, 0.05) is 40.6 Å². The van der Waals surface area contributed by atoms with Crippen molar-refractivity contribution in [3.8, 4) is 12.3 Å². The van der Waals surface area contributed by atoms with Crippen LogP contribution in [0.1, 0.15) is 127 Å². The second-order valence-corrected chi connectivity index (χ2v) is 17.6. The van der Waals surface area contributed by atoms with Crippen LogP contribution in [0.5, 0.6) is 0 Å². The van der Waals surface area contributed by atoms with Crippen LogP contribution in [0.3, 0.4) is 0 Å². The summed E-state index contributed by atoms with van der Waals surface area (Å²) in [6, 6.07) is -4.90. The van der Waals surface area contributed by atoms with Crippen molar-refractivity contribution in [3.05, 3.63) is 0 Å². The van der Waals surface area contributed by atoms with E-state index in [4.69, 9.17) is 20.6 Å². The standard InChI is InChI=1S/C45H77N5O10/c1-16-18-19-22-32(58-14)23-20-25-34(51)48(12)38(31(11)17-2)41(53)46-35(27(3)4)40(52)47-36(28(5)6)42(54)49(13)37(29(7)8)45(57)60-39(30(9)10)43(55)50-26-21-24-33(50)44(56)59-15/h1,27-33,35-39H,17-26H2,2-15H3,(H,46,53)(H,47,52). The molecule has 0 spiro atoms. The summed E-state index contributed by atoms with van der Waals surface area (Å²) in [5.41, 5.74) is 0. The van der Waals surface area contributed by atoms with Crippen LogP contribution in [-0.4, -0.2) is 133 Å². The first-order valence-electron chi connectivity index (χ1n) is 21.8. The quantitative estimate of drug-likeness (QED) is 0.0763. The van der Waals surface area contributed by atoms with Gasteiger partial charge in [-0.05, 0) is 68.1 Å². The predicted octanol–water partition coefficient (Wildman–Crippen LogP) is 4.34. The molecule has 1 saturated heterocycles. The Morgan fingerprint density at radius 3 is 1.87 bits per heavy atom. The van der Waals surface area contributed by atoms with E-state index in [2.05, 4.69) is 16.6 Å². The number of nitrogens with one attached hydrogen (secondary N) is 2. The maximum atomic E-state index is 14.2. The van der Waals surface area contributed by atoms with E-state index >= 15 is 0 Å². The third kappa shape index (κ3) is 15.4. The third-order valence-electron chi connectivity index (χ3n) is 11.6. The van der Waals surface area contributed by atoms with E-state index in [-0.39, 0.29) is 24.3 Å². The molecular formula is C45H77N5O10. The lowest BCUT2D eigenvalue weighted by atomic mass is 9.94. The highest BCUT2D eigenvalue weighted by molar-refractivity contribution is 5.96. The Labute approximate surface area is 360 Å². The molecule has 0 radical (unpaired) electrons. The molecule has 1 heterocycles. The van der Waals surface area contributed by atoms with Gasteiger partial charge in [0.15, 0.2) is 6.10 Å². The van der Waals surface area contributed by atoms with Crippen molar-refractivity contribution in [1.82, 2.24) is 25.3 Å². The molecule has 2 N–H and O–H groups in total. The molecule has 8 atom stereocenters. The third-order valence-corrected chi connectivity index (χ3v) is 11.6. The van der Waals surface area contributed by atoms with Crippen molar-refractivity contribution in [2.24, 2.45) is 29.6 Å². The zero-order chi connectivity index (χ0) is 46.0. The maximum absolute atomic E-state index is 14.2. The smallest absolute Gasteiger partial charge is 0.329 e. The van der Waals surface area contributed by atoms with Gasteiger partial charge in [0.25, 0.3) is 5.91 Å². The predicted molar refractivity (Wildman–Crippen MR) is 230 cm³/mol. The minimum Gasteiger partial charge on any atom is -0.467 e. The number of terminal acetylenes is 1. The Balaban J connectivity index is 3.22. The monoisotopic (exact) mass is 848 g/mol. The fraction of sp³-hybridized carbons (Fsp3) is 0.800. The largest absolute Gasteiger partial charge is 0.467 e. The summed E-state index contributed by atoms with van der Waals surface area (Å²) in [7, 11) is 5.96. The molecule has 1 fully saturated rings. The van der Waals surface area contributed by atoms with E-state index in [1.807, 2.05) is 13.8 Å². The van der Waals surface area contributed by atoms with Gasteiger partial charge in [-0.25, -0.2) is 9.59 Å². The fourth-order valence-corrected chi connectivity index (χ4v) is 7.67. The molecule has 15 heteroatoms. The Bertz CT molecular complexity index is 1480. The molecule has 0 aliphatic carbocycles. The van der Waals surface area contributed by atoms with E-state index < -0.39 is 95.6 Å².